The maximum atomic E-state index is 11.8. The molecular weight excluding hydrogens is 242 g/mol. The number of benzene rings is 1. The van der Waals surface area contributed by atoms with Gasteiger partial charge in [-0.15, -0.1) is 0 Å². The minimum atomic E-state index is 0.0476. The number of anilines is 2. The highest BCUT2D eigenvalue weighted by atomic mass is 16.5. The van der Waals surface area contributed by atoms with Crippen LogP contribution in [0.25, 0.3) is 0 Å². The van der Waals surface area contributed by atoms with Crippen LogP contribution in [0, 0.1) is 0 Å². The van der Waals surface area contributed by atoms with Crippen molar-refractivity contribution in [1.29, 1.82) is 0 Å². The van der Waals surface area contributed by atoms with Crippen molar-refractivity contribution < 1.29 is 9.53 Å². The first-order valence-electron chi connectivity index (χ1n) is 6.59. The maximum absolute atomic E-state index is 11.8. The highest BCUT2D eigenvalue weighted by molar-refractivity contribution is 5.82. The van der Waals surface area contributed by atoms with Gasteiger partial charge in [-0.25, -0.2) is 0 Å². The van der Waals surface area contributed by atoms with Gasteiger partial charge in [0.15, 0.2) is 0 Å². The molecule has 0 fully saturated rings. The first-order valence-corrected chi connectivity index (χ1v) is 6.59. The summed E-state index contributed by atoms with van der Waals surface area (Å²) < 4.78 is 4.94. The number of hydrogen-bond acceptors (Lipinski definition) is 4. The van der Waals surface area contributed by atoms with Crippen molar-refractivity contribution >= 4 is 17.3 Å². The molecule has 1 amide bonds. The number of nitrogen functional groups attached to an aromatic ring is 1. The maximum Gasteiger partial charge on any atom is 0.239 e. The molecule has 0 radical (unpaired) electrons. The zero-order valence-corrected chi connectivity index (χ0v) is 11.3. The zero-order chi connectivity index (χ0) is 13.7. The Labute approximate surface area is 113 Å². The Kier molecular flexibility index (Phi) is 4.63. The molecule has 0 unspecified atom stereocenters. The molecule has 1 aromatic rings. The van der Waals surface area contributed by atoms with Crippen LogP contribution >= 0.6 is 0 Å². The van der Waals surface area contributed by atoms with Gasteiger partial charge < -0.3 is 20.7 Å². The lowest BCUT2D eigenvalue weighted by molar-refractivity contribution is -0.119. The van der Waals surface area contributed by atoms with Gasteiger partial charge in [0.25, 0.3) is 0 Å². The van der Waals surface area contributed by atoms with Crippen LogP contribution in [0.3, 0.4) is 0 Å². The highest BCUT2D eigenvalue weighted by Crippen LogP contribution is 2.29. The van der Waals surface area contributed by atoms with Crippen molar-refractivity contribution in [2.75, 3.05) is 44.0 Å². The van der Waals surface area contributed by atoms with E-state index in [0.29, 0.717) is 19.7 Å². The van der Waals surface area contributed by atoms with E-state index in [-0.39, 0.29) is 5.91 Å². The van der Waals surface area contributed by atoms with Crippen molar-refractivity contribution in [2.24, 2.45) is 0 Å². The molecule has 1 aliphatic rings. The number of nitrogens with zero attached hydrogens (tertiary/aromatic N) is 1. The van der Waals surface area contributed by atoms with Crippen molar-refractivity contribution in [3.8, 4) is 0 Å². The number of hydrogen-bond donors (Lipinski definition) is 2. The number of amides is 1. The molecule has 0 aromatic heterocycles. The molecule has 19 heavy (non-hydrogen) atoms. The molecule has 0 saturated heterocycles. The van der Waals surface area contributed by atoms with E-state index < -0.39 is 0 Å². The fourth-order valence-electron chi connectivity index (χ4n) is 2.30. The number of carbonyl (C=O) groups is 1. The van der Waals surface area contributed by atoms with Crippen LogP contribution in [0.15, 0.2) is 18.2 Å². The normalized spacial score (nSPS) is 13.4. The predicted molar refractivity (Wildman–Crippen MR) is 76.3 cm³/mol. The molecule has 0 saturated carbocycles. The summed E-state index contributed by atoms with van der Waals surface area (Å²) in [5.41, 5.74) is 8.89. The van der Waals surface area contributed by atoms with Gasteiger partial charge in [0.05, 0.1) is 6.54 Å². The monoisotopic (exact) mass is 263 g/mol. The van der Waals surface area contributed by atoms with Crippen molar-refractivity contribution in [3.63, 3.8) is 0 Å². The molecule has 1 aliphatic heterocycles. The van der Waals surface area contributed by atoms with Gasteiger partial charge in [0, 0.05) is 38.2 Å². The summed E-state index contributed by atoms with van der Waals surface area (Å²) in [4.78, 5) is 13.9. The van der Waals surface area contributed by atoms with E-state index in [0.717, 1.165) is 30.8 Å². The topological polar surface area (TPSA) is 67.6 Å². The van der Waals surface area contributed by atoms with Crippen LogP contribution in [-0.2, 0) is 16.0 Å². The summed E-state index contributed by atoms with van der Waals surface area (Å²) in [6.07, 6.45) is 1.82. The first-order chi connectivity index (χ1) is 9.20. The second kappa shape index (κ2) is 6.43. The molecule has 1 heterocycles. The van der Waals surface area contributed by atoms with E-state index >= 15 is 0 Å². The number of methoxy groups -OCH3 is 1. The summed E-state index contributed by atoms with van der Waals surface area (Å²) in [5.74, 6) is 0.0476. The summed E-state index contributed by atoms with van der Waals surface area (Å²) >= 11 is 0. The minimum Gasteiger partial charge on any atom is -0.399 e. The fourth-order valence-corrected chi connectivity index (χ4v) is 2.30. The molecule has 2 rings (SSSR count). The Morgan fingerprint density at radius 1 is 1.53 bits per heavy atom. The van der Waals surface area contributed by atoms with Crippen molar-refractivity contribution in [1.82, 2.24) is 5.32 Å². The van der Waals surface area contributed by atoms with Crippen LogP contribution in [-0.4, -0.2) is 39.3 Å². The lowest BCUT2D eigenvalue weighted by atomic mass is 10.1. The molecule has 0 bridgehead atoms. The van der Waals surface area contributed by atoms with Gasteiger partial charge in [-0.2, -0.15) is 0 Å². The summed E-state index contributed by atoms with van der Waals surface area (Å²) in [7, 11) is 1.66. The number of fused-ring (bicyclic) bond motifs is 1. The lowest BCUT2D eigenvalue weighted by Crippen LogP contribution is -2.37. The number of rotatable bonds is 6. The van der Waals surface area contributed by atoms with Gasteiger partial charge in [0.1, 0.15) is 0 Å². The molecule has 1 aromatic carbocycles. The SMILES string of the molecule is COCCCNC(=O)CN1CCc2ccc(N)cc21. The van der Waals surface area contributed by atoms with Gasteiger partial charge in [-0.3, -0.25) is 4.79 Å². The number of carbonyl (C=O) groups excluding carboxylic acids is 1. The largest absolute Gasteiger partial charge is 0.399 e. The Morgan fingerprint density at radius 2 is 2.37 bits per heavy atom. The summed E-state index contributed by atoms with van der Waals surface area (Å²) in [5, 5.41) is 2.90. The molecule has 0 aliphatic carbocycles. The average Bonchev–Trinajstić information content (AvgIpc) is 2.77. The smallest absolute Gasteiger partial charge is 0.239 e. The Bertz CT molecular complexity index is 448. The highest BCUT2D eigenvalue weighted by Gasteiger charge is 2.20. The van der Waals surface area contributed by atoms with E-state index in [4.69, 9.17) is 10.5 Å². The van der Waals surface area contributed by atoms with Crippen LogP contribution in [0.4, 0.5) is 11.4 Å². The van der Waals surface area contributed by atoms with Gasteiger partial charge in [-0.1, -0.05) is 6.07 Å². The lowest BCUT2D eigenvalue weighted by Gasteiger charge is -2.19. The van der Waals surface area contributed by atoms with Crippen LogP contribution in [0.5, 0.6) is 0 Å². The second-order valence-corrected chi connectivity index (χ2v) is 4.76. The molecule has 3 N–H and O–H groups in total. The molecular formula is C14H21N3O2. The van der Waals surface area contributed by atoms with E-state index in [2.05, 4.69) is 10.2 Å². The first kappa shape index (κ1) is 13.7. The molecule has 104 valence electrons. The Hall–Kier alpha value is -1.75. The number of nitrogens with two attached hydrogens (primary N) is 1. The van der Waals surface area contributed by atoms with E-state index in [9.17, 15) is 4.79 Å². The quantitative estimate of drug-likeness (QED) is 0.588. The van der Waals surface area contributed by atoms with E-state index in [1.807, 2.05) is 18.2 Å². The summed E-state index contributed by atoms with van der Waals surface area (Å²) in [6.45, 7) is 2.60. The third-order valence-electron chi connectivity index (χ3n) is 3.28. The zero-order valence-electron chi connectivity index (χ0n) is 11.3. The van der Waals surface area contributed by atoms with Gasteiger partial charge >= 0.3 is 0 Å². The molecule has 0 atom stereocenters. The van der Waals surface area contributed by atoms with Crippen LogP contribution in [0.2, 0.25) is 0 Å². The third kappa shape index (κ3) is 3.61. The minimum absolute atomic E-state index is 0.0476. The predicted octanol–water partition coefficient (Wildman–Crippen LogP) is 0.784. The summed E-state index contributed by atoms with van der Waals surface area (Å²) in [6, 6.07) is 5.90. The molecule has 0 spiro atoms. The second-order valence-electron chi connectivity index (χ2n) is 4.76. The van der Waals surface area contributed by atoms with Crippen LogP contribution in [0.1, 0.15) is 12.0 Å². The molecule has 5 heteroatoms. The van der Waals surface area contributed by atoms with Crippen molar-refractivity contribution in [2.45, 2.75) is 12.8 Å². The van der Waals surface area contributed by atoms with Gasteiger partial charge in [0.2, 0.25) is 5.91 Å². The standard InChI is InChI=1S/C14H21N3O2/c1-19-8-2-6-16-14(18)10-17-7-5-11-3-4-12(15)9-13(11)17/h3-4,9H,2,5-8,10,15H2,1H3,(H,16,18). The number of ether oxygens (including phenoxy) is 1. The van der Waals surface area contributed by atoms with E-state index in [1.165, 1.54) is 5.56 Å². The fraction of sp³-hybridized carbons (Fsp3) is 0.500. The van der Waals surface area contributed by atoms with E-state index in [1.54, 1.807) is 7.11 Å². The Morgan fingerprint density at radius 3 is 3.16 bits per heavy atom. The molecule has 5 nitrogen and oxygen atoms in total. The number of nitrogens with one attached hydrogen (secondary N) is 1. The average molecular weight is 263 g/mol. The van der Waals surface area contributed by atoms with Crippen LogP contribution < -0.4 is 16.0 Å². The van der Waals surface area contributed by atoms with Gasteiger partial charge in [-0.05, 0) is 30.5 Å². The van der Waals surface area contributed by atoms with Crippen molar-refractivity contribution in [3.05, 3.63) is 23.8 Å². The third-order valence-corrected chi connectivity index (χ3v) is 3.28. The Balaban J connectivity index is 1.85.